The molecule has 0 aliphatic carbocycles. The first-order valence-electron chi connectivity index (χ1n) is 12.2. The summed E-state index contributed by atoms with van der Waals surface area (Å²) < 4.78 is 57.9. The van der Waals surface area contributed by atoms with Gasteiger partial charge in [-0.15, -0.1) is 11.3 Å². The van der Waals surface area contributed by atoms with E-state index in [1.54, 1.807) is 18.2 Å². The highest BCUT2D eigenvalue weighted by Crippen LogP contribution is 2.45. The van der Waals surface area contributed by atoms with Gasteiger partial charge in [-0.1, -0.05) is 23.7 Å². The number of benzene rings is 1. The SMILES string of the molecule is CCS(=O)(=O)N1CCC(CC(=O)NOC2CCCCO2)(c2ccc(-c3ccc(Cl)cc3)s2)S(=O)(=O)CC1. The van der Waals surface area contributed by atoms with Crippen LogP contribution in [-0.2, 0) is 39.0 Å². The number of ether oxygens (including phenoxy) is 1. The zero-order valence-corrected chi connectivity index (χ0v) is 23.7. The molecule has 2 saturated heterocycles. The van der Waals surface area contributed by atoms with Crippen LogP contribution in [0.4, 0.5) is 0 Å². The predicted octanol–water partition coefficient (Wildman–Crippen LogP) is 3.70. The van der Waals surface area contributed by atoms with E-state index in [1.807, 2.05) is 18.2 Å². The average Bonchev–Trinajstić information content (AvgIpc) is 3.33. The van der Waals surface area contributed by atoms with Gasteiger partial charge in [-0.2, -0.15) is 0 Å². The van der Waals surface area contributed by atoms with Gasteiger partial charge in [0.15, 0.2) is 16.1 Å². The highest BCUT2D eigenvalue weighted by atomic mass is 35.5. The van der Waals surface area contributed by atoms with Crippen molar-refractivity contribution in [1.82, 2.24) is 9.79 Å². The van der Waals surface area contributed by atoms with Gasteiger partial charge in [0.05, 0.1) is 17.9 Å². The summed E-state index contributed by atoms with van der Waals surface area (Å²) in [6.45, 7) is 1.90. The Morgan fingerprint density at radius 1 is 1.22 bits per heavy atom. The summed E-state index contributed by atoms with van der Waals surface area (Å²) in [4.78, 5) is 19.8. The second-order valence-electron chi connectivity index (χ2n) is 9.15. The summed E-state index contributed by atoms with van der Waals surface area (Å²) in [6.07, 6.45) is 1.42. The van der Waals surface area contributed by atoms with Crippen LogP contribution in [0.3, 0.4) is 0 Å². The van der Waals surface area contributed by atoms with E-state index in [4.69, 9.17) is 21.2 Å². The van der Waals surface area contributed by atoms with Gasteiger partial charge >= 0.3 is 0 Å². The van der Waals surface area contributed by atoms with Crippen molar-refractivity contribution in [3.63, 3.8) is 0 Å². The number of nitrogens with zero attached hydrogens (tertiary/aromatic N) is 1. The van der Waals surface area contributed by atoms with Crippen LogP contribution in [0.25, 0.3) is 10.4 Å². The van der Waals surface area contributed by atoms with E-state index < -0.39 is 43.2 Å². The number of sulfone groups is 1. The lowest BCUT2D eigenvalue weighted by Gasteiger charge is -2.31. The van der Waals surface area contributed by atoms with E-state index in [1.165, 1.54) is 22.6 Å². The van der Waals surface area contributed by atoms with E-state index in [2.05, 4.69) is 5.48 Å². The number of amides is 1. The summed E-state index contributed by atoms with van der Waals surface area (Å²) in [5.41, 5.74) is 3.24. The quantitative estimate of drug-likeness (QED) is 0.466. The second kappa shape index (κ2) is 11.7. The van der Waals surface area contributed by atoms with Gasteiger partial charge in [0, 0.05) is 40.9 Å². The number of carbonyl (C=O) groups excluding carboxylic acids is 1. The Kier molecular flexibility index (Phi) is 8.99. The Morgan fingerprint density at radius 2 is 1.97 bits per heavy atom. The number of sulfonamides is 1. The fraction of sp³-hybridized carbons (Fsp3) is 0.542. The normalized spacial score (nSPS) is 24.9. The summed E-state index contributed by atoms with van der Waals surface area (Å²) in [5, 5.41) is 0.583. The average molecular weight is 591 g/mol. The fourth-order valence-corrected chi connectivity index (χ4v) is 9.55. The Balaban J connectivity index is 1.67. The van der Waals surface area contributed by atoms with E-state index >= 15 is 0 Å². The standard InChI is InChI=1S/C24H31ClN2O7S3/c1-2-37(31,32)27-13-12-24(36(29,30)16-14-27,17-22(28)26-34-23-5-3-4-15-33-23)21-11-10-20(35-21)18-6-8-19(25)9-7-18/h6-11,23H,2-5,12-17H2,1H3,(H,26,28). The van der Waals surface area contributed by atoms with Crippen molar-refractivity contribution < 1.29 is 31.2 Å². The lowest BCUT2D eigenvalue weighted by molar-refractivity contribution is -0.200. The van der Waals surface area contributed by atoms with Gasteiger partial charge in [0.2, 0.25) is 15.9 Å². The number of thiophene rings is 1. The minimum absolute atomic E-state index is 0.0105. The molecule has 204 valence electrons. The number of hydrogen-bond acceptors (Lipinski definition) is 8. The van der Waals surface area contributed by atoms with E-state index in [0.717, 1.165) is 23.3 Å². The molecule has 2 aromatic rings. The lowest BCUT2D eigenvalue weighted by Crippen LogP contribution is -2.43. The molecular weight excluding hydrogens is 560 g/mol. The molecular formula is C24H31ClN2O7S3. The van der Waals surface area contributed by atoms with Gasteiger partial charge in [0.25, 0.3) is 0 Å². The topological polar surface area (TPSA) is 119 Å². The van der Waals surface area contributed by atoms with E-state index in [0.29, 0.717) is 22.9 Å². The molecule has 0 spiro atoms. The highest BCUT2D eigenvalue weighted by molar-refractivity contribution is 7.92. The van der Waals surface area contributed by atoms with Gasteiger partial charge in [-0.25, -0.2) is 31.5 Å². The zero-order valence-electron chi connectivity index (χ0n) is 20.5. The Hall–Kier alpha value is -1.54. The molecule has 3 heterocycles. The molecule has 0 bridgehead atoms. The van der Waals surface area contributed by atoms with Gasteiger partial charge in [0.1, 0.15) is 4.75 Å². The first kappa shape index (κ1) is 28.5. The van der Waals surface area contributed by atoms with E-state index in [9.17, 15) is 21.6 Å². The third-order valence-corrected chi connectivity index (χ3v) is 12.9. The number of carbonyl (C=O) groups is 1. The highest BCUT2D eigenvalue weighted by Gasteiger charge is 2.50. The maximum atomic E-state index is 13.8. The largest absolute Gasteiger partial charge is 0.350 e. The minimum Gasteiger partial charge on any atom is -0.350 e. The molecule has 0 radical (unpaired) electrons. The number of hydroxylamine groups is 1. The first-order valence-corrected chi connectivity index (χ1v) is 16.6. The van der Waals surface area contributed by atoms with Crippen molar-refractivity contribution >= 4 is 48.7 Å². The van der Waals surface area contributed by atoms with Gasteiger partial charge < -0.3 is 4.74 Å². The Bertz CT molecular complexity index is 1310. The molecule has 2 atom stereocenters. The minimum atomic E-state index is -3.95. The van der Waals surface area contributed by atoms with Crippen molar-refractivity contribution in [2.45, 2.75) is 50.1 Å². The number of halogens is 1. The maximum absolute atomic E-state index is 13.8. The zero-order chi connectivity index (χ0) is 26.7. The van der Waals surface area contributed by atoms with Crippen molar-refractivity contribution in [2.24, 2.45) is 0 Å². The third-order valence-electron chi connectivity index (χ3n) is 6.80. The molecule has 9 nitrogen and oxygen atoms in total. The number of nitrogens with one attached hydrogen (secondary N) is 1. The summed E-state index contributed by atoms with van der Waals surface area (Å²) in [6, 6.07) is 10.7. The van der Waals surface area contributed by atoms with Crippen molar-refractivity contribution in [3.8, 4) is 10.4 Å². The van der Waals surface area contributed by atoms with Gasteiger partial charge in [-0.05, 0) is 56.0 Å². The van der Waals surface area contributed by atoms with Crippen molar-refractivity contribution in [2.75, 3.05) is 31.2 Å². The van der Waals surface area contributed by atoms with Crippen molar-refractivity contribution in [3.05, 3.63) is 46.3 Å². The monoisotopic (exact) mass is 590 g/mol. The number of rotatable bonds is 8. The lowest BCUT2D eigenvalue weighted by atomic mass is 9.97. The summed E-state index contributed by atoms with van der Waals surface area (Å²) in [7, 11) is -7.56. The molecule has 2 unspecified atom stereocenters. The molecule has 4 rings (SSSR count). The maximum Gasteiger partial charge on any atom is 0.245 e. The molecule has 13 heteroatoms. The Morgan fingerprint density at radius 3 is 2.65 bits per heavy atom. The third kappa shape index (κ3) is 6.38. The predicted molar refractivity (Wildman–Crippen MR) is 143 cm³/mol. The van der Waals surface area contributed by atoms with Crippen LogP contribution in [0.2, 0.25) is 5.02 Å². The first-order chi connectivity index (χ1) is 17.6. The molecule has 2 aliphatic rings. The summed E-state index contributed by atoms with van der Waals surface area (Å²) >= 11 is 7.29. The fourth-order valence-electron chi connectivity index (χ4n) is 4.60. The second-order valence-corrected chi connectivity index (χ2v) is 15.3. The van der Waals surface area contributed by atoms with E-state index in [-0.39, 0.29) is 31.0 Å². The molecule has 1 amide bonds. The van der Waals surface area contributed by atoms with Gasteiger partial charge in [-0.3, -0.25) is 4.79 Å². The Labute approximate surface area is 227 Å². The number of hydrogen-bond donors (Lipinski definition) is 1. The van der Waals surface area contributed by atoms with Crippen LogP contribution >= 0.6 is 22.9 Å². The molecule has 1 aromatic carbocycles. The van der Waals surface area contributed by atoms with Crippen LogP contribution < -0.4 is 5.48 Å². The molecule has 1 N–H and O–H groups in total. The smallest absolute Gasteiger partial charge is 0.245 e. The van der Waals surface area contributed by atoms with Crippen molar-refractivity contribution in [1.29, 1.82) is 0 Å². The molecule has 2 aliphatic heterocycles. The van der Waals surface area contributed by atoms with Crippen LogP contribution in [0.15, 0.2) is 36.4 Å². The molecule has 0 saturated carbocycles. The van der Waals surface area contributed by atoms with Crippen LogP contribution in [0.1, 0.15) is 43.9 Å². The molecule has 37 heavy (non-hydrogen) atoms. The van der Waals surface area contributed by atoms with Crippen LogP contribution in [0.5, 0.6) is 0 Å². The van der Waals surface area contributed by atoms with Crippen LogP contribution in [0, 0.1) is 0 Å². The molecule has 2 fully saturated rings. The molecule has 1 aromatic heterocycles. The van der Waals surface area contributed by atoms with Crippen LogP contribution in [-0.4, -0.2) is 64.5 Å². The summed E-state index contributed by atoms with van der Waals surface area (Å²) in [5.74, 6) is -1.12.